The molecule has 0 spiro atoms. The average Bonchev–Trinajstić information content (AvgIpc) is 2.29. The maximum absolute atomic E-state index is 11.9. The molecule has 5 nitrogen and oxygen atoms in total. The van der Waals surface area contributed by atoms with Crippen molar-refractivity contribution in [2.75, 3.05) is 13.6 Å². The molecule has 0 bridgehead atoms. The molecule has 2 unspecified atom stereocenters. The predicted octanol–water partition coefficient (Wildman–Crippen LogP) is 2.59. The molecule has 0 aliphatic heterocycles. The number of carbonyl (C=O) groups excluding carboxylic acids is 2. The quantitative estimate of drug-likeness (QED) is 0.737. The number of ether oxygens (including phenoxy) is 2. The second-order valence-corrected chi connectivity index (χ2v) is 6.18. The Balaban J connectivity index is 2.51. The van der Waals surface area contributed by atoms with E-state index in [0.717, 1.165) is 25.7 Å². The summed E-state index contributed by atoms with van der Waals surface area (Å²) in [6.07, 6.45) is 3.65. The highest BCUT2D eigenvalue weighted by Gasteiger charge is 2.29. The molecule has 0 aromatic heterocycles. The van der Waals surface area contributed by atoms with E-state index in [1.807, 2.05) is 20.8 Å². The minimum Gasteiger partial charge on any atom is -0.464 e. The van der Waals surface area contributed by atoms with Crippen molar-refractivity contribution in [1.29, 1.82) is 0 Å². The van der Waals surface area contributed by atoms with Gasteiger partial charge in [0.1, 0.15) is 11.7 Å². The van der Waals surface area contributed by atoms with Gasteiger partial charge in [0.05, 0.1) is 0 Å². The van der Waals surface area contributed by atoms with Gasteiger partial charge in [0.15, 0.2) is 0 Å². The predicted molar refractivity (Wildman–Crippen MR) is 71.8 cm³/mol. The van der Waals surface area contributed by atoms with Crippen molar-refractivity contribution in [2.24, 2.45) is 5.92 Å². The van der Waals surface area contributed by atoms with Crippen LogP contribution in [-0.4, -0.2) is 42.8 Å². The van der Waals surface area contributed by atoms with Crippen LogP contribution in [0.1, 0.15) is 46.5 Å². The SMILES string of the molecule is CN(CC1CCCCC1OC=O)C(=O)OC(C)(C)C. The number of carbonyl (C=O) groups is 2. The van der Waals surface area contributed by atoms with Crippen LogP contribution in [0, 0.1) is 5.92 Å². The molecule has 5 heteroatoms. The van der Waals surface area contributed by atoms with E-state index in [2.05, 4.69) is 0 Å². The van der Waals surface area contributed by atoms with Crippen LogP contribution < -0.4 is 0 Å². The minimum atomic E-state index is -0.489. The first-order chi connectivity index (χ1) is 8.83. The van der Waals surface area contributed by atoms with E-state index in [1.54, 1.807) is 11.9 Å². The second kappa shape index (κ2) is 6.78. The molecule has 19 heavy (non-hydrogen) atoms. The Morgan fingerprint density at radius 2 is 1.95 bits per heavy atom. The highest BCUT2D eigenvalue weighted by Crippen LogP contribution is 2.27. The third kappa shape index (κ3) is 5.49. The molecule has 0 aromatic rings. The molecule has 1 saturated carbocycles. The summed E-state index contributed by atoms with van der Waals surface area (Å²) >= 11 is 0. The molecule has 0 saturated heterocycles. The summed E-state index contributed by atoms with van der Waals surface area (Å²) < 4.78 is 10.4. The van der Waals surface area contributed by atoms with Gasteiger partial charge < -0.3 is 14.4 Å². The van der Waals surface area contributed by atoms with Crippen LogP contribution in [0.3, 0.4) is 0 Å². The van der Waals surface area contributed by atoms with E-state index in [4.69, 9.17) is 9.47 Å². The smallest absolute Gasteiger partial charge is 0.410 e. The van der Waals surface area contributed by atoms with Gasteiger partial charge in [-0.2, -0.15) is 0 Å². The summed E-state index contributed by atoms with van der Waals surface area (Å²) in [7, 11) is 1.72. The van der Waals surface area contributed by atoms with Gasteiger partial charge in [-0.05, 0) is 40.0 Å². The zero-order valence-corrected chi connectivity index (χ0v) is 12.3. The summed E-state index contributed by atoms with van der Waals surface area (Å²) in [6.45, 7) is 6.61. The third-order valence-electron chi connectivity index (χ3n) is 3.28. The summed E-state index contributed by atoms with van der Waals surface area (Å²) in [5.74, 6) is 0.205. The second-order valence-electron chi connectivity index (χ2n) is 6.18. The van der Waals surface area contributed by atoms with E-state index in [1.165, 1.54) is 0 Å². The van der Waals surface area contributed by atoms with Gasteiger partial charge in [-0.15, -0.1) is 0 Å². The first-order valence-corrected chi connectivity index (χ1v) is 6.86. The van der Waals surface area contributed by atoms with E-state index in [-0.39, 0.29) is 18.1 Å². The van der Waals surface area contributed by atoms with Crippen LogP contribution >= 0.6 is 0 Å². The van der Waals surface area contributed by atoms with Gasteiger partial charge in [0, 0.05) is 19.5 Å². The lowest BCUT2D eigenvalue weighted by Gasteiger charge is -2.33. The monoisotopic (exact) mass is 271 g/mol. The van der Waals surface area contributed by atoms with Crippen molar-refractivity contribution in [1.82, 2.24) is 4.90 Å². The summed E-state index contributed by atoms with van der Waals surface area (Å²) in [6, 6.07) is 0. The number of hydrogen-bond acceptors (Lipinski definition) is 4. The molecule has 0 N–H and O–H groups in total. The van der Waals surface area contributed by atoms with Crippen molar-refractivity contribution in [2.45, 2.75) is 58.2 Å². The average molecular weight is 271 g/mol. The topological polar surface area (TPSA) is 55.8 Å². The molecule has 0 radical (unpaired) electrons. The maximum Gasteiger partial charge on any atom is 0.410 e. The molecule has 1 aliphatic rings. The van der Waals surface area contributed by atoms with Crippen molar-refractivity contribution in [3.05, 3.63) is 0 Å². The van der Waals surface area contributed by atoms with Gasteiger partial charge in [-0.25, -0.2) is 4.79 Å². The van der Waals surface area contributed by atoms with Crippen molar-refractivity contribution >= 4 is 12.6 Å². The van der Waals surface area contributed by atoms with E-state index >= 15 is 0 Å². The van der Waals surface area contributed by atoms with E-state index in [9.17, 15) is 9.59 Å². The molecule has 110 valence electrons. The summed E-state index contributed by atoms with van der Waals surface area (Å²) in [5, 5.41) is 0. The largest absolute Gasteiger partial charge is 0.464 e. The van der Waals surface area contributed by atoms with Crippen molar-refractivity contribution < 1.29 is 19.1 Å². The Bertz CT molecular complexity index is 311. The lowest BCUT2D eigenvalue weighted by molar-refractivity contribution is -0.138. The Morgan fingerprint density at radius 3 is 2.53 bits per heavy atom. The maximum atomic E-state index is 11.9. The zero-order chi connectivity index (χ0) is 14.5. The normalized spacial score (nSPS) is 23.6. The number of amides is 1. The molecule has 1 aliphatic carbocycles. The van der Waals surface area contributed by atoms with Crippen LogP contribution in [0.2, 0.25) is 0 Å². The summed E-state index contributed by atoms with van der Waals surface area (Å²) in [5.41, 5.74) is -0.489. The Hall–Kier alpha value is -1.26. The number of rotatable bonds is 4. The highest BCUT2D eigenvalue weighted by atomic mass is 16.6. The first kappa shape index (κ1) is 15.8. The molecule has 1 amide bonds. The summed E-state index contributed by atoms with van der Waals surface area (Å²) in [4.78, 5) is 24.0. The Labute approximate surface area is 115 Å². The van der Waals surface area contributed by atoms with Gasteiger partial charge in [-0.3, -0.25) is 4.79 Å². The van der Waals surface area contributed by atoms with Crippen LogP contribution in [-0.2, 0) is 14.3 Å². The van der Waals surface area contributed by atoms with Crippen LogP contribution in [0.15, 0.2) is 0 Å². The molecular weight excluding hydrogens is 246 g/mol. The Morgan fingerprint density at radius 1 is 1.32 bits per heavy atom. The minimum absolute atomic E-state index is 0.0730. The fraction of sp³-hybridized carbons (Fsp3) is 0.857. The lowest BCUT2D eigenvalue weighted by atomic mass is 9.86. The van der Waals surface area contributed by atoms with Crippen LogP contribution in [0.4, 0.5) is 4.79 Å². The van der Waals surface area contributed by atoms with Crippen molar-refractivity contribution in [3.63, 3.8) is 0 Å². The highest BCUT2D eigenvalue weighted by molar-refractivity contribution is 5.67. The molecule has 1 fully saturated rings. The fourth-order valence-electron chi connectivity index (χ4n) is 2.40. The van der Waals surface area contributed by atoms with Gasteiger partial charge in [0.25, 0.3) is 6.47 Å². The molecule has 1 rings (SSSR count). The molecule has 0 aromatic carbocycles. The lowest BCUT2D eigenvalue weighted by Crippen LogP contribution is -2.41. The van der Waals surface area contributed by atoms with Gasteiger partial charge in [0.2, 0.25) is 0 Å². The Kier molecular flexibility index (Phi) is 5.63. The zero-order valence-electron chi connectivity index (χ0n) is 12.3. The number of nitrogens with zero attached hydrogens (tertiary/aromatic N) is 1. The van der Waals surface area contributed by atoms with Crippen LogP contribution in [0.5, 0.6) is 0 Å². The molecular formula is C14H25NO4. The molecule has 2 atom stereocenters. The van der Waals surface area contributed by atoms with Gasteiger partial charge in [-0.1, -0.05) is 6.42 Å². The van der Waals surface area contributed by atoms with Crippen molar-refractivity contribution in [3.8, 4) is 0 Å². The standard InChI is InChI=1S/C14H25NO4/c1-14(2,3)19-13(17)15(4)9-11-7-5-6-8-12(11)18-10-16/h10-12H,5-9H2,1-4H3. The van der Waals surface area contributed by atoms with E-state index in [0.29, 0.717) is 13.0 Å². The number of hydrogen-bond donors (Lipinski definition) is 0. The third-order valence-corrected chi connectivity index (χ3v) is 3.28. The van der Waals surface area contributed by atoms with Crippen LogP contribution in [0.25, 0.3) is 0 Å². The molecule has 0 heterocycles. The fourth-order valence-corrected chi connectivity index (χ4v) is 2.40. The van der Waals surface area contributed by atoms with Gasteiger partial charge >= 0.3 is 6.09 Å². The first-order valence-electron chi connectivity index (χ1n) is 6.86. The van der Waals surface area contributed by atoms with E-state index < -0.39 is 5.60 Å².